The molecule has 1 saturated heterocycles. The summed E-state index contributed by atoms with van der Waals surface area (Å²) < 4.78 is 0.204. The zero-order valence-corrected chi connectivity index (χ0v) is 15.6. The van der Waals surface area contributed by atoms with Gasteiger partial charge in [-0.2, -0.15) is 0 Å². The van der Waals surface area contributed by atoms with Gasteiger partial charge in [0, 0.05) is 18.2 Å². The zero-order valence-electron chi connectivity index (χ0n) is 13.2. The molecule has 0 spiro atoms. The van der Waals surface area contributed by atoms with Gasteiger partial charge >= 0.3 is 0 Å². The molecular weight excluding hydrogens is 414 g/mol. The number of nitro benzene ring substituents is 2. The molecule has 11 heteroatoms. The molecule has 0 saturated carbocycles. The number of anilines is 1. The van der Waals surface area contributed by atoms with Gasteiger partial charge in [0.15, 0.2) is 4.32 Å². The summed E-state index contributed by atoms with van der Waals surface area (Å²) >= 11 is 12.0. The van der Waals surface area contributed by atoms with Gasteiger partial charge in [0.1, 0.15) is 5.02 Å². The number of nitro groups is 2. The first-order valence-corrected chi connectivity index (χ1v) is 8.84. The quantitative estimate of drug-likeness (QED) is 0.308. The van der Waals surface area contributed by atoms with Crippen LogP contribution in [0.25, 0.3) is 6.08 Å². The van der Waals surface area contributed by atoms with E-state index in [4.69, 9.17) is 23.8 Å². The minimum atomic E-state index is -0.617. The largest absolute Gasteiger partial charge is 0.288 e. The second kappa shape index (κ2) is 7.43. The SMILES string of the molecule is O=C1/C(=C\c2ccc(Cl)c([N+](=O)[O-])c2)SC(=S)N1c1cccc([N+](=O)[O-])c1. The molecule has 0 unspecified atom stereocenters. The van der Waals surface area contributed by atoms with Crippen molar-refractivity contribution in [3.05, 3.63) is 78.2 Å². The summed E-state index contributed by atoms with van der Waals surface area (Å²) in [5.41, 5.74) is 0.237. The number of hydrogen-bond acceptors (Lipinski definition) is 7. The number of carbonyl (C=O) groups excluding carboxylic acids is 1. The lowest BCUT2D eigenvalue weighted by molar-refractivity contribution is -0.384. The first kappa shape index (κ1) is 19.0. The number of non-ortho nitro benzene ring substituents is 1. The monoisotopic (exact) mass is 421 g/mol. The van der Waals surface area contributed by atoms with Gasteiger partial charge in [-0.25, -0.2) is 0 Å². The maximum atomic E-state index is 12.7. The molecule has 1 aliphatic rings. The molecule has 2 aromatic rings. The van der Waals surface area contributed by atoms with E-state index in [1.54, 1.807) is 0 Å². The molecule has 8 nitrogen and oxygen atoms in total. The molecule has 3 rings (SSSR count). The van der Waals surface area contributed by atoms with E-state index in [1.165, 1.54) is 53.4 Å². The predicted molar refractivity (Wildman–Crippen MR) is 107 cm³/mol. The molecule has 1 heterocycles. The van der Waals surface area contributed by atoms with Crippen LogP contribution in [0, 0.1) is 20.2 Å². The Hall–Kier alpha value is -2.82. The van der Waals surface area contributed by atoms with Crippen molar-refractivity contribution >= 4 is 68.9 Å². The first-order valence-electron chi connectivity index (χ1n) is 7.24. The van der Waals surface area contributed by atoms with Gasteiger partial charge in [-0.3, -0.25) is 29.9 Å². The summed E-state index contributed by atoms with van der Waals surface area (Å²) in [7, 11) is 0. The summed E-state index contributed by atoms with van der Waals surface area (Å²) in [6, 6.07) is 9.71. The molecule has 0 radical (unpaired) electrons. The van der Waals surface area contributed by atoms with Crippen molar-refractivity contribution in [1.29, 1.82) is 0 Å². The standard InChI is InChI=1S/C16H8ClN3O5S2/c17-12-5-4-9(6-13(12)20(24)25)7-14-15(21)18(16(26)27-14)10-2-1-3-11(8-10)19(22)23/h1-8H/b14-7+. The van der Waals surface area contributed by atoms with Crippen LogP contribution >= 0.6 is 35.6 Å². The van der Waals surface area contributed by atoms with Gasteiger partial charge in [0.25, 0.3) is 17.3 Å². The Kier molecular flexibility index (Phi) is 5.22. The maximum absolute atomic E-state index is 12.7. The number of halogens is 1. The highest BCUT2D eigenvalue weighted by Crippen LogP contribution is 2.37. The van der Waals surface area contributed by atoms with Crippen molar-refractivity contribution in [3.63, 3.8) is 0 Å². The third kappa shape index (κ3) is 3.82. The van der Waals surface area contributed by atoms with Crippen LogP contribution < -0.4 is 4.90 Å². The van der Waals surface area contributed by atoms with Crippen molar-refractivity contribution in [2.24, 2.45) is 0 Å². The van der Waals surface area contributed by atoms with E-state index < -0.39 is 15.8 Å². The van der Waals surface area contributed by atoms with Crippen LogP contribution in [0.2, 0.25) is 5.02 Å². The van der Waals surface area contributed by atoms with Gasteiger partial charge in [0.2, 0.25) is 0 Å². The van der Waals surface area contributed by atoms with Crippen LogP contribution in [-0.4, -0.2) is 20.1 Å². The van der Waals surface area contributed by atoms with E-state index in [2.05, 4.69) is 0 Å². The number of rotatable bonds is 4. The minimum Gasteiger partial charge on any atom is -0.268 e. The lowest BCUT2D eigenvalue weighted by atomic mass is 10.2. The first-order chi connectivity index (χ1) is 12.8. The summed E-state index contributed by atoms with van der Waals surface area (Å²) in [5, 5.41) is 21.9. The minimum absolute atomic E-state index is 0.0127. The Bertz CT molecular complexity index is 1040. The summed E-state index contributed by atoms with van der Waals surface area (Å²) in [5.74, 6) is -0.469. The van der Waals surface area contributed by atoms with Gasteiger partial charge < -0.3 is 0 Å². The van der Waals surface area contributed by atoms with Crippen LogP contribution in [0.15, 0.2) is 47.4 Å². The van der Waals surface area contributed by atoms with Crippen molar-refractivity contribution in [3.8, 4) is 0 Å². The summed E-state index contributed by atoms with van der Waals surface area (Å²) in [6.45, 7) is 0. The molecule has 27 heavy (non-hydrogen) atoms. The number of thioether (sulfide) groups is 1. The van der Waals surface area contributed by atoms with E-state index in [1.807, 2.05) is 0 Å². The van der Waals surface area contributed by atoms with Gasteiger partial charge in [0.05, 0.1) is 20.4 Å². The Morgan fingerprint density at radius 3 is 2.52 bits per heavy atom. The molecule has 0 aromatic heterocycles. The van der Waals surface area contributed by atoms with Crippen LogP contribution in [0.3, 0.4) is 0 Å². The Morgan fingerprint density at radius 2 is 1.85 bits per heavy atom. The highest BCUT2D eigenvalue weighted by Gasteiger charge is 2.34. The second-order valence-electron chi connectivity index (χ2n) is 5.26. The normalized spacial score (nSPS) is 15.4. The van der Waals surface area contributed by atoms with Crippen LogP contribution in [0.1, 0.15) is 5.56 Å². The fraction of sp³-hybridized carbons (Fsp3) is 0. The Balaban J connectivity index is 1.96. The topological polar surface area (TPSA) is 107 Å². The molecule has 1 aliphatic heterocycles. The van der Waals surface area contributed by atoms with Crippen molar-refractivity contribution in [2.75, 3.05) is 4.90 Å². The lowest BCUT2D eigenvalue weighted by Gasteiger charge is -2.13. The van der Waals surface area contributed by atoms with E-state index in [0.717, 1.165) is 11.8 Å². The number of amides is 1. The zero-order chi connectivity index (χ0) is 19.7. The third-order valence-electron chi connectivity index (χ3n) is 3.56. The van der Waals surface area contributed by atoms with E-state index >= 15 is 0 Å². The highest BCUT2D eigenvalue weighted by atomic mass is 35.5. The van der Waals surface area contributed by atoms with E-state index in [0.29, 0.717) is 5.56 Å². The molecule has 2 aromatic carbocycles. The third-order valence-corrected chi connectivity index (χ3v) is 5.18. The summed E-state index contributed by atoms with van der Waals surface area (Å²) in [6.07, 6.45) is 1.46. The van der Waals surface area contributed by atoms with E-state index in [9.17, 15) is 25.0 Å². The summed E-state index contributed by atoms with van der Waals surface area (Å²) in [4.78, 5) is 34.9. The van der Waals surface area contributed by atoms with Crippen molar-refractivity contribution < 1.29 is 14.6 Å². The van der Waals surface area contributed by atoms with Crippen molar-refractivity contribution in [1.82, 2.24) is 0 Å². The molecule has 1 amide bonds. The Labute approximate surface area is 166 Å². The molecular formula is C16H8ClN3O5S2. The van der Waals surface area contributed by atoms with Crippen LogP contribution in [-0.2, 0) is 4.79 Å². The molecule has 0 bridgehead atoms. The average Bonchev–Trinajstić information content (AvgIpc) is 2.90. The fourth-order valence-corrected chi connectivity index (χ4v) is 3.83. The van der Waals surface area contributed by atoms with Crippen LogP contribution in [0.4, 0.5) is 17.1 Å². The fourth-order valence-electron chi connectivity index (χ4n) is 2.35. The second-order valence-corrected chi connectivity index (χ2v) is 7.35. The van der Waals surface area contributed by atoms with E-state index in [-0.39, 0.29) is 31.3 Å². The number of carbonyl (C=O) groups is 1. The predicted octanol–water partition coefficient (Wildman–Crippen LogP) is 4.56. The number of thiocarbonyl (C=S) groups is 1. The van der Waals surface area contributed by atoms with Gasteiger partial charge in [-0.1, -0.05) is 47.7 Å². The molecule has 0 aliphatic carbocycles. The maximum Gasteiger partial charge on any atom is 0.288 e. The number of nitrogens with zero attached hydrogens (tertiary/aromatic N) is 3. The lowest BCUT2D eigenvalue weighted by Crippen LogP contribution is -2.27. The average molecular weight is 422 g/mol. The molecule has 136 valence electrons. The van der Waals surface area contributed by atoms with Crippen LogP contribution in [0.5, 0.6) is 0 Å². The number of hydrogen-bond donors (Lipinski definition) is 0. The Morgan fingerprint density at radius 1 is 1.11 bits per heavy atom. The smallest absolute Gasteiger partial charge is 0.268 e. The number of benzene rings is 2. The molecule has 0 atom stereocenters. The van der Waals surface area contributed by atoms with Gasteiger partial charge in [-0.05, 0) is 23.8 Å². The van der Waals surface area contributed by atoms with Gasteiger partial charge in [-0.15, -0.1) is 0 Å². The molecule has 1 fully saturated rings. The van der Waals surface area contributed by atoms with Crippen molar-refractivity contribution in [2.45, 2.75) is 0 Å². The molecule has 0 N–H and O–H groups in total. The highest BCUT2D eigenvalue weighted by molar-refractivity contribution is 8.27.